The minimum absolute atomic E-state index is 0.0950. The molecule has 2 atom stereocenters. The number of likely N-dealkylation sites (N-methyl/N-ethyl adjacent to an activating group) is 2. The minimum atomic E-state index is -0.751. The number of methoxy groups -OCH3 is 1. The molecule has 2 aromatic rings. The first kappa shape index (κ1) is 19.9. The topological polar surface area (TPSA) is 59.1 Å². The Balaban J connectivity index is 1.85. The second kappa shape index (κ2) is 8.44. The van der Waals surface area contributed by atoms with Gasteiger partial charge in [0.05, 0.1) is 13.2 Å². The van der Waals surface area contributed by atoms with Crippen LogP contribution >= 0.6 is 0 Å². The third-order valence-corrected chi connectivity index (χ3v) is 5.16. The zero-order valence-electron chi connectivity index (χ0n) is 16.7. The van der Waals surface area contributed by atoms with E-state index in [2.05, 4.69) is 0 Å². The molecular formula is C22H26N2O4. The molecule has 2 amide bonds. The molecule has 6 heteroatoms. The minimum Gasteiger partial charge on any atom is -0.497 e. The van der Waals surface area contributed by atoms with Gasteiger partial charge in [-0.05, 0) is 35.7 Å². The summed E-state index contributed by atoms with van der Waals surface area (Å²) in [6.45, 7) is 2.31. The van der Waals surface area contributed by atoms with Crippen molar-refractivity contribution in [3.8, 4) is 5.75 Å². The largest absolute Gasteiger partial charge is 0.497 e. The van der Waals surface area contributed by atoms with Gasteiger partial charge in [-0.1, -0.05) is 36.4 Å². The number of ether oxygens (including phenoxy) is 2. The maximum atomic E-state index is 13.2. The highest BCUT2D eigenvalue weighted by Crippen LogP contribution is 2.32. The molecule has 0 bridgehead atoms. The lowest BCUT2D eigenvalue weighted by molar-refractivity contribution is -0.167. The first-order valence-corrected chi connectivity index (χ1v) is 9.23. The van der Waals surface area contributed by atoms with Gasteiger partial charge >= 0.3 is 0 Å². The summed E-state index contributed by atoms with van der Waals surface area (Å²) in [6, 6.07) is 14.9. The van der Waals surface area contributed by atoms with Gasteiger partial charge in [-0.15, -0.1) is 0 Å². The van der Waals surface area contributed by atoms with Crippen LogP contribution in [0.2, 0.25) is 0 Å². The predicted molar refractivity (Wildman–Crippen MR) is 106 cm³/mol. The molecule has 0 saturated carbocycles. The molecule has 1 aliphatic heterocycles. The van der Waals surface area contributed by atoms with E-state index in [-0.39, 0.29) is 18.4 Å². The van der Waals surface area contributed by atoms with Gasteiger partial charge < -0.3 is 19.3 Å². The first-order valence-electron chi connectivity index (χ1n) is 9.23. The van der Waals surface area contributed by atoms with Gasteiger partial charge in [-0.2, -0.15) is 0 Å². The Hall–Kier alpha value is -2.86. The average molecular weight is 382 g/mol. The first-order chi connectivity index (χ1) is 13.4. The lowest BCUT2D eigenvalue weighted by atomic mass is 9.93. The van der Waals surface area contributed by atoms with Crippen molar-refractivity contribution in [1.29, 1.82) is 0 Å². The molecule has 6 nitrogen and oxygen atoms in total. The van der Waals surface area contributed by atoms with Gasteiger partial charge in [0.2, 0.25) is 5.91 Å². The second-order valence-electron chi connectivity index (χ2n) is 7.08. The Labute approximate surface area is 165 Å². The predicted octanol–water partition coefficient (Wildman–Crippen LogP) is 2.56. The lowest BCUT2D eigenvalue weighted by Gasteiger charge is -2.40. The van der Waals surface area contributed by atoms with Crippen LogP contribution < -0.4 is 4.74 Å². The van der Waals surface area contributed by atoms with Crippen LogP contribution in [0.5, 0.6) is 5.75 Å². The van der Waals surface area contributed by atoms with Gasteiger partial charge in [0.1, 0.15) is 12.4 Å². The fraction of sp³-hybridized carbons (Fsp3) is 0.364. The standard InChI is InChI=1S/C22H26N2O4/c1-15-8-5-6-11-18(15)20-21(28-14-19(25)24(20)3)22(26)23(2)13-16-9-7-10-17(12-16)27-4/h5-12,20-21H,13-14H2,1-4H3/t20-,21+/m1/s1. The Bertz CT molecular complexity index is 867. The van der Waals surface area contributed by atoms with Crippen LogP contribution in [0, 0.1) is 6.92 Å². The maximum absolute atomic E-state index is 13.2. The van der Waals surface area contributed by atoms with E-state index in [1.54, 1.807) is 31.0 Å². The van der Waals surface area contributed by atoms with E-state index in [1.807, 2.05) is 55.5 Å². The third-order valence-electron chi connectivity index (χ3n) is 5.16. The SMILES string of the molecule is COc1cccc(CN(C)C(=O)[C@H]2OCC(=O)N(C)[C@@H]2c2ccccc2C)c1. The van der Waals surface area contributed by atoms with E-state index in [9.17, 15) is 9.59 Å². The quantitative estimate of drug-likeness (QED) is 0.798. The van der Waals surface area contributed by atoms with E-state index in [4.69, 9.17) is 9.47 Å². The van der Waals surface area contributed by atoms with Crippen molar-refractivity contribution < 1.29 is 19.1 Å². The molecule has 1 aliphatic rings. The van der Waals surface area contributed by atoms with Crippen LogP contribution in [0.3, 0.4) is 0 Å². The van der Waals surface area contributed by atoms with Gasteiger partial charge in [0.15, 0.2) is 6.10 Å². The summed E-state index contributed by atoms with van der Waals surface area (Å²) >= 11 is 0. The van der Waals surface area contributed by atoms with E-state index in [0.29, 0.717) is 6.54 Å². The molecule has 0 spiro atoms. The number of benzene rings is 2. The Kier molecular flexibility index (Phi) is 5.99. The summed E-state index contributed by atoms with van der Waals surface area (Å²) in [5, 5.41) is 0. The highest BCUT2D eigenvalue weighted by molar-refractivity contribution is 5.86. The highest BCUT2D eigenvalue weighted by Gasteiger charge is 2.41. The molecule has 1 fully saturated rings. The number of amides is 2. The summed E-state index contributed by atoms with van der Waals surface area (Å²) in [4.78, 5) is 28.7. The maximum Gasteiger partial charge on any atom is 0.254 e. The smallest absolute Gasteiger partial charge is 0.254 e. The molecule has 1 heterocycles. The molecule has 0 aliphatic carbocycles. The molecule has 0 aromatic heterocycles. The van der Waals surface area contributed by atoms with Crippen molar-refractivity contribution in [2.45, 2.75) is 25.6 Å². The molecule has 0 N–H and O–H groups in total. The Morgan fingerprint density at radius 1 is 1.25 bits per heavy atom. The van der Waals surface area contributed by atoms with E-state index in [0.717, 1.165) is 22.4 Å². The Morgan fingerprint density at radius 2 is 2.00 bits per heavy atom. The zero-order valence-corrected chi connectivity index (χ0v) is 16.7. The highest BCUT2D eigenvalue weighted by atomic mass is 16.5. The van der Waals surface area contributed by atoms with Crippen LogP contribution in [0.25, 0.3) is 0 Å². The number of hydrogen-bond acceptors (Lipinski definition) is 4. The van der Waals surface area contributed by atoms with Crippen LogP contribution in [0.1, 0.15) is 22.7 Å². The van der Waals surface area contributed by atoms with Crippen molar-refractivity contribution in [2.24, 2.45) is 0 Å². The van der Waals surface area contributed by atoms with Crippen LogP contribution in [-0.2, 0) is 20.9 Å². The van der Waals surface area contributed by atoms with Crippen molar-refractivity contribution >= 4 is 11.8 Å². The summed E-state index contributed by atoms with van der Waals surface area (Å²) < 4.78 is 11.0. The number of aryl methyl sites for hydroxylation is 1. The lowest BCUT2D eigenvalue weighted by Crippen LogP contribution is -2.53. The van der Waals surface area contributed by atoms with Gasteiger partial charge in [-0.25, -0.2) is 0 Å². The van der Waals surface area contributed by atoms with Gasteiger partial charge in [0.25, 0.3) is 5.91 Å². The normalized spacial score (nSPS) is 19.4. The van der Waals surface area contributed by atoms with Crippen molar-refractivity contribution in [3.05, 3.63) is 65.2 Å². The number of nitrogens with zero attached hydrogens (tertiary/aromatic N) is 2. The van der Waals surface area contributed by atoms with E-state index in [1.165, 1.54) is 0 Å². The molecule has 3 rings (SSSR count). The average Bonchev–Trinajstić information content (AvgIpc) is 2.70. The summed E-state index contributed by atoms with van der Waals surface area (Å²) in [6.07, 6.45) is -0.751. The molecule has 148 valence electrons. The van der Waals surface area contributed by atoms with Crippen molar-refractivity contribution in [2.75, 3.05) is 27.8 Å². The number of morpholine rings is 1. The summed E-state index contributed by atoms with van der Waals surface area (Å²) in [5.41, 5.74) is 2.90. The van der Waals surface area contributed by atoms with Crippen LogP contribution in [-0.4, -0.2) is 55.5 Å². The molecular weight excluding hydrogens is 356 g/mol. The van der Waals surface area contributed by atoms with Crippen molar-refractivity contribution in [1.82, 2.24) is 9.80 Å². The van der Waals surface area contributed by atoms with Crippen LogP contribution in [0.4, 0.5) is 0 Å². The summed E-state index contributed by atoms with van der Waals surface area (Å²) in [5.74, 6) is 0.457. The van der Waals surface area contributed by atoms with Crippen LogP contribution in [0.15, 0.2) is 48.5 Å². The van der Waals surface area contributed by atoms with E-state index >= 15 is 0 Å². The number of hydrogen-bond donors (Lipinski definition) is 0. The Morgan fingerprint density at radius 3 is 2.71 bits per heavy atom. The van der Waals surface area contributed by atoms with Gasteiger partial charge in [0, 0.05) is 20.6 Å². The summed E-state index contributed by atoms with van der Waals surface area (Å²) in [7, 11) is 5.09. The second-order valence-corrected chi connectivity index (χ2v) is 7.08. The zero-order chi connectivity index (χ0) is 20.3. The number of carbonyl (C=O) groups excluding carboxylic acids is 2. The van der Waals surface area contributed by atoms with E-state index < -0.39 is 12.1 Å². The molecule has 2 aromatic carbocycles. The molecule has 0 radical (unpaired) electrons. The molecule has 0 unspecified atom stereocenters. The fourth-order valence-electron chi connectivity index (χ4n) is 3.55. The molecule has 28 heavy (non-hydrogen) atoms. The fourth-order valence-corrected chi connectivity index (χ4v) is 3.55. The van der Waals surface area contributed by atoms with Gasteiger partial charge in [-0.3, -0.25) is 9.59 Å². The third kappa shape index (κ3) is 4.02. The molecule has 1 saturated heterocycles. The van der Waals surface area contributed by atoms with Crippen molar-refractivity contribution in [3.63, 3.8) is 0 Å². The number of rotatable bonds is 5. The monoisotopic (exact) mass is 382 g/mol. The number of carbonyl (C=O) groups is 2.